The zero-order chi connectivity index (χ0) is 9.40. The van der Waals surface area contributed by atoms with E-state index in [4.69, 9.17) is 11.6 Å². The summed E-state index contributed by atoms with van der Waals surface area (Å²) in [5, 5.41) is 0. The Labute approximate surface area is 74.8 Å². The van der Waals surface area contributed by atoms with E-state index in [1.165, 1.54) is 0 Å². The average Bonchev–Trinajstić information content (AvgIpc) is 2.01. The lowest BCUT2D eigenvalue weighted by Gasteiger charge is -1.99. The summed E-state index contributed by atoms with van der Waals surface area (Å²) in [5.74, 6) is 4.35. The van der Waals surface area contributed by atoms with Crippen LogP contribution in [0.15, 0.2) is 0 Å². The van der Waals surface area contributed by atoms with Gasteiger partial charge in [-0.1, -0.05) is 5.92 Å². The summed E-state index contributed by atoms with van der Waals surface area (Å²) in [7, 11) is 0. The van der Waals surface area contributed by atoms with E-state index in [-0.39, 0.29) is 6.61 Å². The number of hydrogen-bond acceptors (Lipinski definition) is 4. The summed E-state index contributed by atoms with van der Waals surface area (Å²) >= 11 is 4.79. The molecular formula is C7H7ClO4. The molecule has 0 radical (unpaired) electrons. The second-order valence-electron chi connectivity index (χ2n) is 1.61. The highest BCUT2D eigenvalue weighted by atomic mass is 35.5. The fourth-order valence-corrected chi connectivity index (χ4v) is 0.401. The van der Waals surface area contributed by atoms with Crippen LogP contribution >= 0.6 is 11.6 Å². The summed E-state index contributed by atoms with van der Waals surface area (Å²) < 4.78 is 8.62. The standard InChI is InChI=1S/C7H7ClO4/c1-2-3-4-11-6(9)5-12-7(8)10/h4-5H2,1H3. The Morgan fingerprint density at radius 2 is 2.08 bits per heavy atom. The number of rotatable bonds is 3. The van der Waals surface area contributed by atoms with Crippen LogP contribution in [0.1, 0.15) is 6.92 Å². The van der Waals surface area contributed by atoms with Gasteiger partial charge in [0.15, 0.2) is 13.2 Å². The molecule has 0 aromatic carbocycles. The topological polar surface area (TPSA) is 52.6 Å². The molecule has 0 rings (SSSR count). The van der Waals surface area contributed by atoms with Crippen molar-refractivity contribution in [3.63, 3.8) is 0 Å². The largest absolute Gasteiger partial charge is 0.450 e. The molecule has 0 fully saturated rings. The zero-order valence-electron chi connectivity index (χ0n) is 6.43. The van der Waals surface area contributed by atoms with Crippen LogP contribution in [-0.4, -0.2) is 24.6 Å². The first-order valence-electron chi connectivity index (χ1n) is 3.04. The average molecular weight is 191 g/mol. The minimum Gasteiger partial charge on any atom is -0.450 e. The Morgan fingerprint density at radius 1 is 1.42 bits per heavy atom. The van der Waals surface area contributed by atoms with E-state index >= 15 is 0 Å². The quantitative estimate of drug-likeness (QED) is 0.377. The summed E-state index contributed by atoms with van der Waals surface area (Å²) in [6, 6.07) is 0. The Balaban J connectivity index is 3.44. The predicted molar refractivity (Wildman–Crippen MR) is 41.6 cm³/mol. The molecule has 0 atom stereocenters. The summed E-state index contributed by atoms with van der Waals surface area (Å²) in [4.78, 5) is 20.6. The van der Waals surface area contributed by atoms with Crippen molar-refractivity contribution in [3.8, 4) is 11.8 Å². The molecule has 0 aliphatic carbocycles. The van der Waals surface area contributed by atoms with Gasteiger partial charge in [-0.25, -0.2) is 9.59 Å². The molecular weight excluding hydrogens is 184 g/mol. The first kappa shape index (κ1) is 10.8. The minimum atomic E-state index is -1.03. The van der Waals surface area contributed by atoms with Crippen LogP contribution in [0.3, 0.4) is 0 Å². The molecule has 4 nitrogen and oxygen atoms in total. The predicted octanol–water partition coefficient (Wildman–Crippen LogP) is 0.928. The van der Waals surface area contributed by atoms with Gasteiger partial charge in [0, 0.05) is 11.6 Å². The molecule has 0 aliphatic heterocycles. The van der Waals surface area contributed by atoms with E-state index in [0.717, 1.165) is 0 Å². The molecule has 0 unspecified atom stereocenters. The third-order valence-corrected chi connectivity index (χ3v) is 0.895. The normalized spacial score (nSPS) is 7.83. The van der Waals surface area contributed by atoms with Gasteiger partial charge >= 0.3 is 11.4 Å². The van der Waals surface area contributed by atoms with Gasteiger partial charge in [-0.15, -0.1) is 5.92 Å². The smallest absolute Gasteiger partial charge is 0.404 e. The second-order valence-corrected chi connectivity index (χ2v) is 1.92. The maximum absolute atomic E-state index is 10.6. The van der Waals surface area contributed by atoms with E-state index < -0.39 is 18.0 Å². The van der Waals surface area contributed by atoms with Gasteiger partial charge in [0.2, 0.25) is 0 Å². The van der Waals surface area contributed by atoms with Crippen molar-refractivity contribution >= 4 is 23.0 Å². The fourth-order valence-electron chi connectivity index (χ4n) is 0.346. The van der Waals surface area contributed by atoms with Crippen LogP contribution in [0.25, 0.3) is 0 Å². The van der Waals surface area contributed by atoms with Crippen LogP contribution in [0.4, 0.5) is 4.79 Å². The highest BCUT2D eigenvalue weighted by Crippen LogP contribution is 1.87. The molecule has 0 aliphatic rings. The summed E-state index contributed by atoms with van der Waals surface area (Å²) in [6.45, 7) is 1.13. The number of ether oxygens (including phenoxy) is 2. The van der Waals surface area contributed by atoms with Gasteiger partial charge in [-0.2, -0.15) is 0 Å². The highest BCUT2D eigenvalue weighted by Gasteiger charge is 2.04. The van der Waals surface area contributed by atoms with E-state index in [1.807, 2.05) is 0 Å². The monoisotopic (exact) mass is 190 g/mol. The number of halogens is 1. The zero-order valence-corrected chi connectivity index (χ0v) is 7.18. The molecule has 5 heteroatoms. The van der Waals surface area contributed by atoms with E-state index in [9.17, 15) is 9.59 Å². The number of carbonyl (C=O) groups excluding carboxylic acids is 2. The van der Waals surface area contributed by atoms with Gasteiger partial charge in [0.05, 0.1) is 0 Å². The molecule has 66 valence electrons. The number of hydrogen-bond donors (Lipinski definition) is 0. The van der Waals surface area contributed by atoms with Crippen molar-refractivity contribution < 1.29 is 19.1 Å². The van der Waals surface area contributed by atoms with Crippen molar-refractivity contribution in [1.82, 2.24) is 0 Å². The molecule has 0 bridgehead atoms. The molecule has 0 aromatic heterocycles. The first-order chi connectivity index (χ1) is 5.66. The maximum atomic E-state index is 10.6. The molecule has 0 heterocycles. The third-order valence-electron chi connectivity index (χ3n) is 0.786. The van der Waals surface area contributed by atoms with E-state index in [0.29, 0.717) is 0 Å². The molecule has 0 saturated heterocycles. The van der Waals surface area contributed by atoms with Crippen molar-refractivity contribution in [3.05, 3.63) is 0 Å². The molecule has 0 aromatic rings. The third kappa shape index (κ3) is 6.90. The maximum Gasteiger partial charge on any atom is 0.404 e. The first-order valence-corrected chi connectivity index (χ1v) is 3.42. The lowest BCUT2D eigenvalue weighted by molar-refractivity contribution is -0.145. The van der Waals surface area contributed by atoms with Gasteiger partial charge in [-0.05, 0) is 6.92 Å². The van der Waals surface area contributed by atoms with E-state index in [1.54, 1.807) is 6.92 Å². The lowest BCUT2D eigenvalue weighted by Crippen LogP contribution is -2.13. The summed E-state index contributed by atoms with van der Waals surface area (Å²) in [6.07, 6.45) is 0. The highest BCUT2D eigenvalue weighted by molar-refractivity contribution is 6.61. The van der Waals surface area contributed by atoms with Crippen molar-refractivity contribution in [2.45, 2.75) is 6.92 Å². The van der Waals surface area contributed by atoms with Gasteiger partial charge in [0.25, 0.3) is 0 Å². The van der Waals surface area contributed by atoms with Gasteiger partial charge in [0.1, 0.15) is 0 Å². The molecule has 12 heavy (non-hydrogen) atoms. The fraction of sp³-hybridized carbons (Fsp3) is 0.429. The molecule has 0 N–H and O–H groups in total. The van der Waals surface area contributed by atoms with Gasteiger partial charge in [-0.3, -0.25) is 0 Å². The Hall–Kier alpha value is -1.21. The minimum absolute atomic E-state index is 0.00479. The Bertz CT molecular complexity index is 225. The molecule has 0 spiro atoms. The van der Waals surface area contributed by atoms with Crippen molar-refractivity contribution in [1.29, 1.82) is 0 Å². The number of carbonyl (C=O) groups is 2. The second kappa shape index (κ2) is 6.50. The van der Waals surface area contributed by atoms with Crippen LogP contribution in [0, 0.1) is 11.8 Å². The molecule has 0 saturated carbocycles. The summed E-state index contributed by atoms with van der Waals surface area (Å²) in [5.41, 5.74) is -1.03. The Morgan fingerprint density at radius 3 is 2.58 bits per heavy atom. The van der Waals surface area contributed by atoms with Crippen LogP contribution in [0.5, 0.6) is 0 Å². The van der Waals surface area contributed by atoms with Crippen LogP contribution in [0.2, 0.25) is 0 Å². The SMILES string of the molecule is CC#CCOC(=O)COC(=O)Cl. The van der Waals surface area contributed by atoms with Crippen molar-refractivity contribution in [2.75, 3.05) is 13.2 Å². The van der Waals surface area contributed by atoms with Crippen molar-refractivity contribution in [2.24, 2.45) is 0 Å². The van der Waals surface area contributed by atoms with Crippen LogP contribution in [-0.2, 0) is 14.3 Å². The van der Waals surface area contributed by atoms with E-state index in [2.05, 4.69) is 21.3 Å². The van der Waals surface area contributed by atoms with Gasteiger partial charge < -0.3 is 9.47 Å². The van der Waals surface area contributed by atoms with Crippen LogP contribution < -0.4 is 0 Å². The lowest BCUT2D eigenvalue weighted by atomic mass is 10.6. The Kier molecular flexibility index (Phi) is 5.84. The molecule has 0 amide bonds. The number of esters is 1.